The molecule has 4 saturated carbocycles. The second kappa shape index (κ2) is 31.7. The Morgan fingerprint density at radius 2 is 0.631 bits per heavy atom. The van der Waals surface area contributed by atoms with Crippen LogP contribution in [0, 0.1) is 47.3 Å². The summed E-state index contributed by atoms with van der Waals surface area (Å²) in [5.41, 5.74) is 20.4. The lowest BCUT2D eigenvalue weighted by molar-refractivity contribution is -0.235. The summed E-state index contributed by atoms with van der Waals surface area (Å²) in [5, 5.41) is 5.33. The molecule has 20 heteroatoms. The molecule has 0 amide bonds. The van der Waals surface area contributed by atoms with Gasteiger partial charge in [0.25, 0.3) is 0 Å². The molecule has 0 unspecified atom stereocenters. The third kappa shape index (κ3) is 13.6. The molecule has 122 heavy (non-hydrogen) atoms. The quantitative estimate of drug-likeness (QED) is 0.141. The van der Waals surface area contributed by atoms with Crippen molar-refractivity contribution in [3.05, 3.63) is 226 Å². The molecule has 10 aliphatic rings. The first-order valence-corrected chi connectivity index (χ1v) is 44.9. The molecule has 12 atom stereocenters. The van der Waals surface area contributed by atoms with Gasteiger partial charge in [0.1, 0.15) is 21.9 Å². The van der Waals surface area contributed by atoms with Crippen LogP contribution in [0.15, 0.2) is 159 Å². The SMILES string of the molecule is C=C(C)c1nc(-c2ccnc3ccccc23)nc2c1CC[C@@H]1[C@@H](C)C(=O)CC[C@@]21C.C=C(C)c1nc(-c2ccnc3ccccc23)nc2c1CC[C@@H]1[C@@H](C)C3(CC[C@@]21C)OCCO3.C[C@@H]1[C@H]2CCc3c(Cl)nc(-c4ccnc5ccccc45)nc3[C@]2(C)CCC12OCCO2.C[C@H]1C(=O)CC[C@@]2(C)c3nc(-c4ccnc5ccccc45)nc(Cl)c3CC[C@H]12. The zero-order valence-corrected chi connectivity index (χ0v) is 73.1. The summed E-state index contributed by atoms with van der Waals surface area (Å²) in [7, 11) is 0. The molecule has 0 bridgehead atoms. The van der Waals surface area contributed by atoms with E-state index >= 15 is 0 Å². The van der Waals surface area contributed by atoms with E-state index in [1.54, 1.807) is 6.20 Å². The van der Waals surface area contributed by atoms with Gasteiger partial charge in [-0.2, -0.15) is 0 Å². The summed E-state index contributed by atoms with van der Waals surface area (Å²) < 4.78 is 24.7. The van der Waals surface area contributed by atoms with E-state index in [0.717, 1.165) is 218 Å². The second-order valence-electron chi connectivity index (χ2n) is 37.2. The van der Waals surface area contributed by atoms with Crippen molar-refractivity contribution in [1.29, 1.82) is 0 Å². The van der Waals surface area contributed by atoms with Crippen LogP contribution in [-0.4, -0.2) is 109 Å². The van der Waals surface area contributed by atoms with Gasteiger partial charge in [0, 0.05) is 162 Å². The topological polar surface area (TPSA) is 226 Å². The fourth-order valence-corrected chi connectivity index (χ4v) is 24.5. The Morgan fingerprint density at radius 3 is 0.951 bits per heavy atom. The average molecular weight is 1670 g/mol. The highest BCUT2D eigenvalue weighted by Crippen LogP contribution is 2.61. The lowest BCUT2D eigenvalue weighted by atomic mass is 9.54. The molecule has 22 rings (SSSR count). The van der Waals surface area contributed by atoms with E-state index in [1.165, 1.54) is 16.8 Å². The maximum atomic E-state index is 12.5. The van der Waals surface area contributed by atoms with Gasteiger partial charge in [-0.1, -0.05) is 165 Å². The van der Waals surface area contributed by atoms with Gasteiger partial charge >= 0.3 is 0 Å². The molecule has 2 saturated heterocycles. The summed E-state index contributed by atoms with van der Waals surface area (Å²) in [6.45, 7) is 33.5. The third-order valence-electron chi connectivity index (χ3n) is 30.7. The number of fused-ring (bicyclic) bond motifs is 16. The smallest absolute Gasteiger partial charge is 0.171 e. The Bertz CT molecular complexity index is 6220. The molecular weight excluding hydrogens is 1560 g/mol. The number of rotatable bonds is 6. The van der Waals surface area contributed by atoms with Crippen LogP contribution < -0.4 is 0 Å². The number of Topliss-reactive ketones (excluding diaryl/α,β-unsaturated/α-hetero) is 2. The summed E-state index contributed by atoms with van der Waals surface area (Å²) >= 11 is 13.5. The number of ether oxygens (including phenoxy) is 4. The Balaban J connectivity index is 0.000000107. The molecule has 10 heterocycles. The number of hydrogen-bond donors (Lipinski definition) is 0. The van der Waals surface area contributed by atoms with Crippen molar-refractivity contribution in [3.63, 3.8) is 0 Å². The second-order valence-corrected chi connectivity index (χ2v) is 37.9. The number of aromatic nitrogens is 12. The average Bonchev–Trinajstić information content (AvgIpc) is 1.41. The Morgan fingerprint density at radius 1 is 0.352 bits per heavy atom. The van der Waals surface area contributed by atoms with Crippen molar-refractivity contribution in [3.8, 4) is 45.6 Å². The lowest BCUT2D eigenvalue weighted by Crippen LogP contribution is -2.55. The molecular formula is C102H106Cl2N12O6. The molecule has 0 N–H and O–H groups in total. The molecule has 2 aliphatic heterocycles. The van der Waals surface area contributed by atoms with E-state index in [2.05, 4.69) is 119 Å². The fourth-order valence-electron chi connectivity index (χ4n) is 24.0. The van der Waals surface area contributed by atoms with E-state index in [-0.39, 0.29) is 33.5 Å². The van der Waals surface area contributed by atoms with Crippen molar-refractivity contribution < 1.29 is 28.5 Å². The first kappa shape index (κ1) is 81.7. The number of ketones is 2. The van der Waals surface area contributed by atoms with Gasteiger partial charge < -0.3 is 18.9 Å². The summed E-state index contributed by atoms with van der Waals surface area (Å²) in [5.74, 6) is 5.09. The number of nitrogens with zero attached hydrogens (tertiary/aromatic N) is 12. The maximum Gasteiger partial charge on any atom is 0.171 e. The highest BCUT2D eigenvalue weighted by molar-refractivity contribution is 6.30. The number of hydrogen-bond acceptors (Lipinski definition) is 18. The summed E-state index contributed by atoms with van der Waals surface area (Å²) in [6, 6.07) is 40.4. The first-order chi connectivity index (χ1) is 58.8. The van der Waals surface area contributed by atoms with Gasteiger partial charge in [0.05, 0.1) is 82.7 Å². The van der Waals surface area contributed by atoms with Crippen LogP contribution in [-0.2, 0) is 75.9 Å². The predicted octanol–water partition coefficient (Wildman–Crippen LogP) is 21.8. The highest BCUT2D eigenvalue weighted by Gasteiger charge is 2.60. The van der Waals surface area contributed by atoms with Gasteiger partial charge in [-0.05, 0) is 174 Å². The van der Waals surface area contributed by atoms with Crippen molar-refractivity contribution >= 4 is 89.5 Å². The Labute approximate surface area is 723 Å². The van der Waals surface area contributed by atoms with Crippen molar-refractivity contribution in [1.82, 2.24) is 59.8 Å². The number of allylic oxidation sites excluding steroid dienone is 2. The van der Waals surface area contributed by atoms with Crippen LogP contribution >= 0.6 is 23.2 Å². The minimum Gasteiger partial charge on any atom is -0.347 e. The third-order valence-corrected chi connectivity index (χ3v) is 31.3. The van der Waals surface area contributed by atoms with Crippen LogP contribution in [0.25, 0.3) is 100 Å². The van der Waals surface area contributed by atoms with Gasteiger partial charge in [0.2, 0.25) is 0 Å². The highest BCUT2D eigenvalue weighted by atomic mass is 35.5. The maximum absolute atomic E-state index is 12.5. The molecule has 6 fully saturated rings. The molecule has 624 valence electrons. The van der Waals surface area contributed by atoms with Crippen molar-refractivity contribution in [2.75, 3.05) is 26.4 Å². The summed E-state index contributed by atoms with van der Waals surface area (Å²) in [6.07, 6.45) is 21.7. The minimum absolute atomic E-state index is 0.0434. The van der Waals surface area contributed by atoms with Crippen LogP contribution in [0.1, 0.15) is 203 Å². The number of pyridine rings is 4. The zero-order valence-electron chi connectivity index (χ0n) is 71.6. The number of halogens is 2. The minimum atomic E-state index is -0.428. The molecule has 12 aromatic rings. The zero-order chi connectivity index (χ0) is 84.5. The van der Waals surface area contributed by atoms with E-state index in [0.29, 0.717) is 108 Å². The molecule has 4 aromatic carbocycles. The van der Waals surface area contributed by atoms with Gasteiger partial charge in [0.15, 0.2) is 34.9 Å². The lowest BCUT2D eigenvalue weighted by Gasteiger charge is -2.54. The van der Waals surface area contributed by atoms with Gasteiger partial charge in [-0.25, -0.2) is 39.9 Å². The monoisotopic (exact) mass is 1660 g/mol. The van der Waals surface area contributed by atoms with Crippen LogP contribution in [0.3, 0.4) is 0 Å². The normalized spacial score (nSPS) is 27.4. The largest absolute Gasteiger partial charge is 0.347 e. The number of benzene rings is 4. The number of carbonyl (C=O) groups excluding carboxylic acids is 2. The molecule has 18 nitrogen and oxygen atoms in total. The summed E-state index contributed by atoms with van der Waals surface area (Å²) in [4.78, 5) is 83.1. The van der Waals surface area contributed by atoms with E-state index in [9.17, 15) is 9.59 Å². The Hall–Kier alpha value is -9.92. The Kier molecular flexibility index (Phi) is 21.2. The van der Waals surface area contributed by atoms with Crippen LogP contribution in [0.4, 0.5) is 0 Å². The fraction of sp³-hybridized carbons (Fsp3) is 0.431. The molecule has 8 aromatic heterocycles. The van der Waals surface area contributed by atoms with Crippen molar-refractivity contribution in [2.45, 2.75) is 205 Å². The van der Waals surface area contributed by atoms with Crippen LogP contribution in [0.5, 0.6) is 0 Å². The first-order valence-electron chi connectivity index (χ1n) is 44.1. The van der Waals surface area contributed by atoms with Gasteiger partial charge in [-0.15, -0.1) is 0 Å². The predicted molar refractivity (Wildman–Crippen MR) is 480 cm³/mol. The van der Waals surface area contributed by atoms with Gasteiger partial charge in [-0.3, -0.25) is 29.5 Å². The van der Waals surface area contributed by atoms with E-state index in [4.69, 9.17) is 77.0 Å². The van der Waals surface area contributed by atoms with Crippen molar-refractivity contribution in [2.24, 2.45) is 47.3 Å². The van der Waals surface area contributed by atoms with Crippen LogP contribution in [0.2, 0.25) is 10.3 Å². The number of para-hydroxylation sites is 4. The molecule has 2 spiro atoms. The van der Waals surface area contributed by atoms with E-state index in [1.807, 2.05) is 129 Å². The molecule has 8 aliphatic carbocycles. The number of carbonyl (C=O) groups is 2. The molecule has 0 radical (unpaired) electrons. The van der Waals surface area contributed by atoms with E-state index < -0.39 is 11.6 Å². The standard InChI is InChI=1S/C28H31N3O2.C26H27N3O.C25H26ClN3O2.C23H22ClN3O/c1-17(2)24-21-9-10-22-18(3)28(32-15-16-33-28)13-12-27(22,4)25(21)31-26(30-24)20-11-14-29-23-8-6-5-7-19(20)23;1-15(2)23-19-9-10-20-16(3)22(30)11-13-26(20,4)24(19)29-25(28-23)18-12-14-27-21-8-6-5-7-17(18)21;1-15-19-8-7-18-21(24(19,2)10-11-25(15)30-13-14-31-25)28-23(29-22(18)26)17-9-12-27-20-6-4-3-5-16(17)20;1-13-17-8-7-16-20(23(17,2)11-9-19(13)28)26-22(27-21(16)24)15-10-12-25-18-6-4-3-5-14(15)18/h5-8,11,14,18,22H,1,9-10,12-13,15-16H2,2-4H3;5-8,12,14,16,20H,1,9-11,13H2,2-4H3;3-6,9,12,15,19H,7-8,10-11,13-14H2,1-2H3;3-6,10,12-13,17H,7-9,11H2,1-2H3/t18-,22-,27-;16-,20-,26-;15-,19-,24-;13-,17-,23-/m1111/s1.